The fraction of sp³-hybridized carbons (Fsp3) is 0.261. The highest BCUT2D eigenvalue weighted by atomic mass is 32.1. The summed E-state index contributed by atoms with van der Waals surface area (Å²) in [5.41, 5.74) is 4.49. The minimum absolute atomic E-state index is 0.161. The second-order valence-corrected chi connectivity index (χ2v) is 7.70. The van der Waals surface area contributed by atoms with Crippen molar-refractivity contribution in [2.75, 3.05) is 13.7 Å². The predicted octanol–water partition coefficient (Wildman–Crippen LogP) is 4.88. The standard InChI is InChI=1S/C23H23FN4O2S/c1-5-28-14(3)19(20(25-23(28)31)15-8-6-13(2)7-9-15)22-26-21(27-30-22)16-10-11-18(29-4)17(24)12-16/h6-12,20H,5H2,1-4H3,(H,25,31). The number of rotatable bonds is 5. The molecule has 3 aromatic rings. The lowest BCUT2D eigenvalue weighted by molar-refractivity contribution is 0.386. The molecule has 0 aliphatic carbocycles. The number of nitrogens with one attached hydrogen (secondary N) is 1. The van der Waals surface area contributed by atoms with Crippen LogP contribution in [0.25, 0.3) is 17.0 Å². The van der Waals surface area contributed by atoms with E-state index in [1.165, 1.54) is 18.7 Å². The largest absolute Gasteiger partial charge is 0.494 e. The number of nitrogens with zero attached hydrogens (tertiary/aromatic N) is 3. The molecule has 1 unspecified atom stereocenters. The van der Waals surface area contributed by atoms with E-state index in [0.29, 0.717) is 28.9 Å². The summed E-state index contributed by atoms with van der Waals surface area (Å²) < 4.78 is 24.8. The first-order chi connectivity index (χ1) is 14.9. The zero-order valence-electron chi connectivity index (χ0n) is 17.8. The molecule has 0 bridgehead atoms. The van der Waals surface area contributed by atoms with Gasteiger partial charge in [0.05, 0.1) is 18.7 Å². The number of allylic oxidation sites excluding steroid dienone is 1. The molecule has 1 aliphatic heterocycles. The lowest BCUT2D eigenvalue weighted by Crippen LogP contribution is -2.45. The normalized spacial score (nSPS) is 16.5. The molecular formula is C23H23FN4O2S. The van der Waals surface area contributed by atoms with Crippen LogP contribution in [0.2, 0.25) is 0 Å². The number of aryl methyl sites for hydroxylation is 1. The zero-order chi connectivity index (χ0) is 22.1. The van der Waals surface area contributed by atoms with Crippen molar-refractivity contribution in [2.45, 2.75) is 26.8 Å². The molecule has 8 heteroatoms. The summed E-state index contributed by atoms with van der Waals surface area (Å²) >= 11 is 5.59. The number of methoxy groups -OCH3 is 1. The maximum Gasteiger partial charge on any atom is 0.258 e. The fourth-order valence-corrected chi connectivity index (χ4v) is 4.09. The number of benzene rings is 2. The highest BCUT2D eigenvalue weighted by Gasteiger charge is 2.33. The molecule has 0 amide bonds. The molecule has 1 N–H and O–H groups in total. The van der Waals surface area contributed by atoms with Crippen molar-refractivity contribution in [1.82, 2.24) is 20.4 Å². The summed E-state index contributed by atoms with van der Waals surface area (Å²) in [6.45, 7) is 6.76. The molecular weight excluding hydrogens is 415 g/mol. The van der Waals surface area contributed by atoms with E-state index in [4.69, 9.17) is 21.5 Å². The van der Waals surface area contributed by atoms with Crippen LogP contribution in [0.3, 0.4) is 0 Å². The number of hydrogen-bond donors (Lipinski definition) is 1. The molecule has 1 atom stereocenters. The first-order valence-electron chi connectivity index (χ1n) is 9.96. The topological polar surface area (TPSA) is 63.4 Å². The van der Waals surface area contributed by atoms with Crippen LogP contribution in [0.4, 0.5) is 4.39 Å². The number of aromatic nitrogens is 2. The van der Waals surface area contributed by atoms with Gasteiger partial charge < -0.3 is 19.5 Å². The molecule has 0 saturated carbocycles. The van der Waals surface area contributed by atoms with Gasteiger partial charge in [0, 0.05) is 17.8 Å². The van der Waals surface area contributed by atoms with Gasteiger partial charge >= 0.3 is 0 Å². The molecule has 6 nitrogen and oxygen atoms in total. The lowest BCUT2D eigenvalue weighted by atomic mass is 9.94. The van der Waals surface area contributed by atoms with Gasteiger partial charge in [-0.2, -0.15) is 4.98 Å². The second-order valence-electron chi connectivity index (χ2n) is 7.31. The number of halogens is 1. The SMILES string of the molecule is CCN1C(=S)NC(c2ccc(C)cc2)C(c2nc(-c3ccc(OC)c(F)c3)no2)=C1C. The summed E-state index contributed by atoms with van der Waals surface area (Å²) in [5.74, 6) is 0.341. The van der Waals surface area contributed by atoms with Crippen LogP contribution in [0.1, 0.15) is 36.9 Å². The molecule has 2 aromatic carbocycles. The maximum atomic E-state index is 14.2. The summed E-state index contributed by atoms with van der Waals surface area (Å²) in [6.07, 6.45) is 0. The zero-order valence-corrected chi connectivity index (χ0v) is 18.6. The Kier molecular flexibility index (Phi) is 5.73. The Balaban J connectivity index is 1.79. The summed E-state index contributed by atoms with van der Waals surface area (Å²) in [4.78, 5) is 6.58. The van der Waals surface area contributed by atoms with Crippen molar-refractivity contribution in [3.8, 4) is 17.1 Å². The van der Waals surface area contributed by atoms with Crippen LogP contribution in [0.15, 0.2) is 52.7 Å². The Labute approximate surface area is 185 Å². The van der Waals surface area contributed by atoms with E-state index in [1.54, 1.807) is 12.1 Å². The van der Waals surface area contributed by atoms with Crippen molar-refractivity contribution in [3.63, 3.8) is 0 Å². The fourth-order valence-electron chi connectivity index (χ4n) is 3.70. The maximum absolute atomic E-state index is 14.2. The van der Waals surface area contributed by atoms with Gasteiger partial charge in [-0.05, 0) is 56.8 Å². The van der Waals surface area contributed by atoms with E-state index >= 15 is 0 Å². The summed E-state index contributed by atoms with van der Waals surface area (Å²) in [7, 11) is 1.42. The molecule has 31 heavy (non-hydrogen) atoms. The smallest absolute Gasteiger partial charge is 0.258 e. The van der Waals surface area contributed by atoms with Gasteiger partial charge in [-0.1, -0.05) is 35.0 Å². The van der Waals surface area contributed by atoms with Crippen LogP contribution in [-0.2, 0) is 0 Å². The quantitative estimate of drug-likeness (QED) is 0.570. The monoisotopic (exact) mass is 438 g/mol. The van der Waals surface area contributed by atoms with Gasteiger partial charge in [0.2, 0.25) is 5.82 Å². The van der Waals surface area contributed by atoms with E-state index in [2.05, 4.69) is 39.7 Å². The first-order valence-corrected chi connectivity index (χ1v) is 10.4. The Hall–Kier alpha value is -3.26. The molecule has 1 aliphatic rings. The minimum atomic E-state index is -0.485. The van der Waals surface area contributed by atoms with Gasteiger partial charge in [-0.3, -0.25) is 0 Å². The Bertz CT molecular complexity index is 1160. The number of ether oxygens (including phenoxy) is 1. The molecule has 4 rings (SSSR count). The first kappa shape index (κ1) is 21.0. The molecule has 0 fully saturated rings. The van der Waals surface area contributed by atoms with Crippen LogP contribution in [0, 0.1) is 12.7 Å². The van der Waals surface area contributed by atoms with Gasteiger partial charge in [-0.15, -0.1) is 0 Å². The molecule has 0 radical (unpaired) electrons. The Morgan fingerprint density at radius 3 is 2.58 bits per heavy atom. The summed E-state index contributed by atoms with van der Waals surface area (Å²) in [6, 6.07) is 12.6. The van der Waals surface area contributed by atoms with Crippen molar-refractivity contribution in [1.29, 1.82) is 0 Å². The third-order valence-corrected chi connectivity index (χ3v) is 5.73. The molecule has 2 heterocycles. The number of hydrogen-bond acceptors (Lipinski definition) is 5. The molecule has 1 aromatic heterocycles. The Morgan fingerprint density at radius 1 is 1.19 bits per heavy atom. The van der Waals surface area contributed by atoms with E-state index in [9.17, 15) is 4.39 Å². The van der Waals surface area contributed by atoms with E-state index in [-0.39, 0.29) is 11.8 Å². The third-order valence-electron chi connectivity index (χ3n) is 5.39. The van der Waals surface area contributed by atoms with Crippen LogP contribution >= 0.6 is 12.2 Å². The van der Waals surface area contributed by atoms with Gasteiger partial charge in [0.1, 0.15) is 0 Å². The highest BCUT2D eigenvalue weighted by molar-refractivity contribution is 7.80. The van der Waals surface area contributed by atoms with Crippen molar-refractivity contribution < 1.29 is 13.7 Å². The van der Waals surface area contributed by atoms with E-state index in [1.807, 2.05) is 25.7 Å². The van der Waals surface area contributed by atoms with E-state index in [0.717, 1.165) is 16.8 Å². The average Bonchev–Trinajstić information content (AvgIpc) is 3.24. The van der Waals surface area contributed by atoms with Crippen molar-refractivity contribution >= 4 is 22.9 Å². The molecule has 0 spiro atoms. The number of thiocarbonyl (C=S) groups is 1. The molecule has 160 valence electrons. The molecule has 0 saturated heterocycles. The van der Waals surface area contributed by atoms with Gasteiger partial charge in [-0.25, -0.2) is 4.39 Å². The minimum Gasteiger partial charge on any atom is -0.494 e. The van der Waals surface area contributed by atoms with E-state index < -0.39 is 5.82 Å². The van der Waals surface area contributed by atoms with Gasteiger partial charge in [0.15, 0.2) is 16.7 Å². The van der Waals surface area contributed by atoms with Gasteiger partial charge in [0.25, 0.3) is 5.89 Å². The Morgan fingerprint density at radius 2 is 1.94 bits per heavy atom. The third kappa shape index (κ3) is 3.90. The second kappa shape index (κ2) is 8.47. The van der Waals surface area contributed by atoms with Crippen molar-refractivity contribution in [3.05, 3.63) is 71.0 Å². The average molecular weight is 439 g/mol. The predicted molar refractivity (Wildman–Crippen MR) is 121 cm³/mol. The van der Waals surface area contributed by atoms with Crippen molar-refractivity contribution in [2.24, 2.45) is 0 Å². The lowest BCUT2D eigenvalue weighted by Gasteiger charge is -2.36. The summed E-state index contributed by atoms with van der Waals surface area (Å²) in [5, 5.41) is 8.14. The van der Waals surface area contributed by atoms with Crippen LogP contribution in [-0.4, -0.2) is 33.8 Å². The highest BCUT2D eigenvalue weighted by Crippen LogP contribution is 2.37. The van der Waals surface area contributed by atoms with Crippen LogP contribution in [0.5, 0.6) is 5.75 Å². The van der Waals surface area contributed by atoms with Crippen LogP contribution < -0.4 is 10.1 Å².